The van der Waals surface area contributed by atoms with Crippen LogP contribution >= 0.6 is 0 Å². The fourth-order valence-electron chi connectivity index (χ4n) is 6.98. The van der Waals surface area contributed by atoms with Gasteiger partial charge in [-0.05, 0) is 39.9 Å². The summed E-state index contributed by atoms with van der Waals surface area (Å²) in [5.74, 6) is 1.26. The molecule has 0 radical (unpaired) electrons. The van der Waals surface area contributed by atoms with Crippen molar-refractivity contribution in [1.82, 2.24) is 0 Å². The van der Waals surface area contributed by atoms with Crippen LogP contribution in [-0.2, 0) is 0 Å². The van der Waals surface area contributed by atoms with Crippen LogP contribution in [0.15, 0.2) is 18.2 Å². The molecule has 138 valence electrons. The molecule has 1 unspecified atom stereocenters. The van der Waals surface area contributed by atoms with Gasteiger partial charge in [0.05, 0.1) is 7.11 Å². The van der Waals surface area contributed by atoms with Gasteiger partial charge in [0.15, 0.2) is 0 Å². The van der Waals surface area contributed by atoms with Gasteiger partial charge in [0, 0.05) is 0 Å². The first kappa shape index (κ1) is 17.6. The van der Waals surface area contributed by atoms with E-state index >= 15 is 0 Å². The van der Waals surface area contributed by atoms with Gasteiger partial charge in [0.2, 0.25) is 0 Å². The van der Waals surface area contributed by atoms with Crippen LogP contribution in [0, 0.1) is 0 Å². The highest BCUT2D eigenvalue weighted by atomic mass is 28.3. The van der Waals surface area contributed by atoms with E-state index in [9.17, 15) is 0 Å². The van der Waals surface area contributed by atoms with Crippen LogP contribution < -0.4 is 9.92 Å². The predicted octanol–water partition coefficient (Wildman–Crippen LogP) is 6.46. The summed E-state index contributed by atoms with van der Waals surface area (Å²) in [6.07, 6.45) is 17.7. The van der Waals surface area contributed by atoms with Crippen molar-refractivity contribution >= 4 is 13.3 Å². The SMILES string of the molecule is CCCC1c2cccc(OC)c2[Si]1(C1CCCCC1)C1CCCCC1. The fourth-order valence-corrected chi connectivity index (χ4v) is 15.3. The summed E-state index contributed by atoms with van der Waals surface area (Å²) in [4.78, 5) is 0. The van der Waals surface area contributed by atoms with E-state index in [0.717, 1.165) is 16.6 Å². The van der Waals surface area contributed by atoms with Gasteiger partial charge in [-0.2, -0.15) is 0 Å². The summed E-state index contributed by atoms with van der Waals surface area (Å²) >= 11 is 0. The Hall–Kier alpha value is -0.763. The van der Waals surface area contributed by atoms with Gasteiger partial charge < -0.3 is 4.74 Å². The minimum absolute atomic E-state index is 0.925. The third-order valence-electron chi connectivity index (χ3n) is 7.80. The van der Waals surface area contributed by atoms with Crippen LogP contribution in [0.4, 0.5) is 0 Å². The highest BCUT2D eigenvalue weighted by molar-refractivity contribution is 6.99. The van der Waals surface area contributed by atoms with Gasteiger partial charge in [-0.3, -0.25) is 0 Å². The van der Waals surface area contributed by atoms with E-state index in [2.05, 4.69) is 25.1 Å². The van der Waals surface area contributed by atoms with Crippen molar-refractivity contribution in [2.45, 2.75) is 101 Å². The number of fused-ring (bicyclic) bond motifs is 1. The van der Waals surface area contributed by atoms with Gasteiger partial charge in [-0.15, -0.1) is 0 Å². The maximum absolute atomic E-state index is 5.98. The van der Waals surface area contributed by atoms with E-state index in [-0.39, 0.29) is 0 Å². The van der Waals surface area contributed by atoms with E-state index in [0.29, 0.717) is 0 Å². The average Bonchev–Trinajstić information content (AvgIpc) is 2.68. The van der Waals surface area contributed by atoms with E-state index in [4.69, 9.17) is 4.74 Å². The summed E-state index contributed by atoms with van der Waals surface area (Å²) in [5, 5.41) is 1.79. The number of methoxy groups -OCH3 is 1. The normalized spacial score (nSPS) is 26.7. The molecule has 4 rings (SSSR count). The second kappa shape index (κ2) is 7.46. The van der Waals surface area contributed by atoms with Gasteiger partial charge in [-0.1, -0.05) is 89.7 Å². The number of hydrogen-bond acceptors (Lipinski definition) is 1. The maximum atomic E-state index is 5.98. The van der Waals surface area contributed by atoms with Crippen LogP contribution in [0.3, 0.4) is 0 Å². The van der Waals surface area contributed by atoms with E-state index in [1.807, 2.05) is 7.11 Å². The molecule has 1 aromatic carbocycles. The number of ether oxygens (including phenoxy) is 1. The fraction of sp³-hybridized carbons (Fsp3) is 0.739. The second-order valence-electron chi connectivity index (χ2n) is 8.87. The summed E-state index contributed by atoms with van der Waals surface area (Å²) in [6.45, 7) is 2.40. The lowest BCUT2D eigenvalue weighted by Crippen LogP contribution is -2.70. The zero-order valence-corrected chi connectivity index (χ0v) is 17.4. The predicted molar refractivity (Wildman–Crippen MR) is 110 cm³/mol. The van der Waals surface area contributed by atoms with E-state index in [1.54, 1.807) is 10.8 Å². The standard InChI is InChI=1S/C23H36OSi/c1-3-11-22-20-16-10-17-21(24-2)23(20)25(22,18-12-6-4-7-13-18)19-14-8-5-9-15-19/h10,16-19,22H,3-9,11-15H2,1-2H3. The molecule has 2 aliphatic carbocycles. The van der Waals surface area contributed by atoms with E-state index < -0.39 is 8.07 Å². The van der Waals surface area contributed by atoms with Crippen LogP contribution in [0.25, 0.3) is 0 Å². The summed E-state index contributed by atoms with van der Waals surface area (Å²) in [6, 6.07) is 6.98. The monoisotopic (exact) mass is 356 g/mol. The van der Waals surface area contributed by atoms with Crippen molar-refractivity contribution in [2.24, 2.45) is 0 Å². The molecule has 0 saturated heterocycles. The Morgan fingerprint density at radius 1 is 0.920 bits per heavy atom. The lowest BCUT2D eigenvalue weighted by atomic mass is 9.98. The Bertz CT molecular complexity index is 566. The Kier molecular flexibility index (Phi) is 5.27. The van der Waals surface area contributed by atoms with Gasteiger partial charge in [-0.25, -0.2) is 0 Å². The van der Waals surface area contributed by atoms with Crippen molar-refractivity contribution in [3.63, 3.8) is 0 Å². The molecule has 1 aromatic rings. The third kappa shape index (κ3) is 2.71. The van der Waals surface area contributed by atoms with Gasteiger partial charge in [0.25, 0.3) is 0 Å². The zero-order chi connectivity index (χ0) is 17.3. The average molecular weight is 357 g/mol. The quantitative estimate of drug-likeness (QED) is 0.550. The molecule has 0 amide bonds. The minimum atomic E-state index is -1.50. The number of hydrogen-bond donors (Lipinski definition) is 0. The molecule has 0 spiro atoms. The molecule has 0 bridgehead atoms. The molecular formula is C23H36OSi. The Labute approximate surface area is 155 Å². The van der Waals surface area contributed by atoms with Crippen LogP contribution in [-0.4, -0.2) is 15.2 Å². The highest BCUT2D eigenvalue weighted by Gasteiger charge is 2.62. The summed E-state index contributed by atoms with van der Waals surface area (Å²) in [5.41, 5.74) is 4.69. The van der Waals surface area contributed by atoms with Crippen molar-refractivity contribution in [3.8, 4) is 5.75 Å². The molecule has 1 heterocycles. The molecule has 1 atom stereocenters. The van der Waals surface area contributed by atoms with Crippen LogP contribution in [0.1, 0.15) is 95.1 Å². The van der Waals surface area contributed by atoms with Crippen molar-refractivity contribution in [3.05, 3.63) is 23.8 Å². The Morgan fingerprint density at radius 2 is 1.52 bits per heavy atom. The van der Waals surface area contributed by atoms with Crippen molar-refractivity contribution in [2.75, 3.05) is 7.11 Å². The maximum Gasteiger partial charge on any atom is 0.118 e. The molecule has 0 aromatic heterocycles. The first-order valence-electron chi connectivity index (χ1n) is 11.0. The molecule has 1 aliphatic heterocycles. The number of rotatable bonds is 5. The molecular weight excluding hydrogens is 320 g/mol. The lowest BCUT2D eigenvalue weighted by molar-refractivity contribution is 0.409. The third-order valence-corrected chi connectivity index (χ3v) is 14.8. The topological polar surface area (TPSA) is 9.23 Å². The van der Waals surface area contributed by atoms with E-state index in [1.165, 1.54) is 82.8 Å². The minimum Gasteiger partial charge on any atom is -0.497 e. The van der Waals surface area contributed by atoms with Crippen LogP contribution in [0.2, 0.25) is 11.1 Å². The molecule has 2 heteroatoms. The molecule has 2 saturated carbocycles. The molecule has 1 nitrogen and oxygen atoms in total. The smallest absolute Gasteiger partial charge is 0.118 e. The summed E-state index contributed by atoms with van der Waals surface area (Å²) < 4.78 is 5.98. The second-order valence-corrected chi connectivity index (χ2v) is 13.6. The largest absolute Gasteiger partial charge is 0.497 e. The first-order valence-corrected chi connectivity index (χ1v) is 13.2. The first-order chi connectivity index (χ1) is 12.3. The van der Waals surface area contributed by atoms with Crippen molar-refractivity contribution < 1.29 is 4.74 Å². The number of benzene rings is 1. The molecule has 2 fully saturated rings. The Morgan fingerprint density at radius 3 is 2.04 bits per heavy atom. The van der Waals surface area contributed by atoms with Crippen molar-refractivity contribution in [1.29, 1.82) is 0 Å². The van der Waals surface area contributed by atoms with Gasteiger partial charge >= 0.3 is 0 Å². The Balaban J connectivity index is 1.84. The summed E-state index contributed by atoms with van der Waals surface area (Å²) in [7, 11) is 0.404. The van der Waals surface area contributed by atoms with Crippen LogP contribution in [0.5, 0.6) is 5.75 Å². The molecule has 3 aliphatic rings. The lowest BCUT2D eigenvalue weighted by Gasteiger charge is -2.60. The highest BCUT2D eigenvalue weighted by Crippen LogP contribution is 2.60. The van der Waals surface area contributed by atoms with Gasteiger partial charge in [0.1, 0.15) is 13.8 Å². The zero-order valence-electron chi connectivity index (χ0n) is 16.4. The molecule has 0 N–H and O–H groups in total. The molecule has 25 heavy (non-hydrogen) atoms.